The number of carbonyl (C=O) groups excluding carboxylic acids is 1. The summed E-state index contributed by atoms with van der Waals surface area (Å²) in [5.41, 5.74) is 4.33. The van der Waals surface area contributed by atoms with E-state index in [2.05, 4.69) is 20.4 Å². The third kappa shape index (κ3) is 2.44. The Balaban J connectivity index is 1.50. The molecule has 0 atom stereocenters. The Morgan fingerprint density at radius 1 is 1.19 bits per heavy atom. The first-order valence-electron chi connectivity index (χ1n) is 8.54. The molecular weight excluding hydrogens is 332 g/mol. The van der Waals surface area contributed by atoms with E-state index in [1.807, 2.05) is 19.1 Å². The van der Waals surface area contributed by atoms with E-state index in [0.717, 1.165) is 24.2 Å². The second-order valence-electron chi connectivity index (χ2n) is 6.72. The molecule has 0 radical (unpaired) electrons. The van der Waals surface area contributed by atoms with Crippen molar-refractivity contribution >= 4 is 33.8 Å². The Labute approximate surface area is 148 Å². The summed E-state index contributed by atoms with van der Waals surface area (Å²) in [6.07, 6.45) is 2.26. The van der Waals surface area contributed by atoms with Gasteiger partial charge in [0.1, 0.15) is 5.52 Å². The van der Waals surface area contributed by atoms with Crippen molar-refractivity contribution in [3.05, 3.63) is 47.1 Å². The molecule has 0 saturated heterocycles. The van der Waals surface area contributed by atoms with E-state index < -0.39 is 0 Å². The third-order valence-corrected chi connectivity index (χ3v) is 4.58. The van der Waals surface area contributed by atoms with Gasteiger partial charge in [-0.15, -0.1) is 0 Å². The van der Waals surface area contributed by atoms with Gasteiger partial charge >= 0.3 is 0 Å². The Morgan fingerprint density at radius 3 is 2.85 bits per heavy atom. The van der Waals surface area contributed by atoms with Crippen LogP contribution < -0.4 is 5.32 Å². The highest BCUT2D eigenvalue weighted by Gasteiger charge is 2.29. The van der Waals surface area contributed by atoms with Crippen LogP contribution >= 0.6 is 0 Å². The van der Waals surface area contributed by atoms with Crippen molar-refractivity contribution < 1.29 is 13.7 Å². The molecule has 0 bridgehead atoms. The lowest BCUT2D eigenvalue weighted by atomic mass is 10.1. The van der Waals surface area contributed by atoms with E-state index in [-0.39, 0.29) is 5.91 Å². The number of amides is 1. The summed E-state index contributed by atoms with van der Waals surface area (Å²) in [4.78, 5) is 21.6. The van der Waals surface area contributed by atoms with E-state index >= 15 is 0 Å². The molecule has 1 saturated carbocycles. The van der Waals surface area contributed by atoms with Crippen LogP contribution in [0.5, 0.6) is 0 Å². The molecular formula is C19H16N4O3. The maximum absolute atomic E-state index is 12.8. The van der Waals surface area contributed by atoms with Gasteiger partial charge < -0.3 is 14.3 Å². The van der Waals surface area contributed by atoms with Gasteiger partial charge in [0.25, 0.3) is 11.6 Å². The van der Waals surface area contributed by atoms with E-state index in [9.17, 15) is 4.79 Å². The van der Waals surface area contributed by atoms with Crippen molar-refractivity contribution in [2.45, 2.75) is 32.6 Å². The van der Waals surface area contributed by atoms with Gasteiger partial charge in [0, 0.05) is 23.4 Å². The second-order valence-corrected chi connectivity index (χ2v) is 6.72. The number of oxazole rings is 1. The molecule has 26 heavy (non-hydrogen) atoms. The van der Waals surface area contributed by atoms with Crippen molar-refractivity contribution in [1.82, 2.24) is 15.1 Å². The summed E-state index contributed by atoms with van der Waals surface area (Å²) < 4.78 is 11.0. The van der Waals surface area contributed by atoms with E-state index in [1.165, 1.54) is 0 Å². The summed E-state index contributed by atoms with van der Waals surface area (Å²) in [5, 5.41) is 7.46. The molecule has 130 valence electrons. The molecule has 1 aliphatic rings. The minimum Gasteiger partial charge on any atom is -0.440 e. The molecule has 1 N–H and O–H groups in total. The van der Waals surface area contributed by atoms with E-state index in [0.29, 0.717) is 45.2 Å². The molecule has 0 spiro atoms. The fraction of sp³-hybridized carbons (Fsp3) is 0.263. The standard InChI is InChI=1S/C19H16N4O3/c1-9-7-13(16-10(2)23-26-19(16)20-9)17(24)21-12-5-6-14-15(8-12)25-18(22-14)11-3-4-11/h5-8,11H,3-4H2,1-2H3,(H,21,24). The second kappa shape index (κ2) is 5.39. The van der Waals surface area contributed by atoms with Gasteiger partial charge in [0.2, 0.25) is 0 Å². The van der Waals surface area contributed by atoms with Crippen LogP contribution in [0.15, 0.2) is 33.2 Å². The predicted octanol–water partition coefficient (Wildman–Crippen LogP) is 4.11. The van der Waals surface area contributed by atoms with Crippen LogP contribution in [0.4, 0.5) is 5.69 Å². The number of fused-ring (bicyclic) bond motifs is 2. The number of aromatic nitrogens is 3. The summed E-state index contributed by atoms with van der Waals surface area (Å²) in [7, 11) is 0. The lowest BCUT2D eigenvalue weighted by Crippen LogP contribution is -2.13. The summed E-state index contributed by atoms with van der Waals surface area (Å²) >= 11 is 0. The molecule has 3 heterocycles. The van der Waals surface area contributed by atoms with Gasteiger partial charge in [-0.25, -0.2) is 9.97 Å². The van der Waals surface area contributed by atoms with Crippen LogP contribution in [0.2, 0.25) is 0 Å². The zero-order chi connectivity index (χ0) is 17.8. The molecule has 1 amide bonds. The Morgan fingerprint density at radius 2 is 2.04 bits per heavy atom. The first kappa shape index (κ1) is 15.1. The monoisotopic (exact) mass is 348 g/mol. The Hall–Kier alpha value is -3.22. The molecule has 3 aromatic heterocycles. The zero-order valence-corrected chi connectivity index (χ0v) is 14.4. The van der Waals surface area contributed by atoms with Crippen LogP contribution in [0.3, 0.4) is 0 Å². The number of nitrogens with zero attached hydrogens (tertiary/aromatic N) is 3. The fourth-order valence-corrected chi connectivity index (χ4v) is 3.12. The average Bonchev–Trinajstić information content (AvgIpc) is 3.28. The van der Waals surface area contributed by atoms with Gasteiger partial charge in [-0.1, -0.05) is 5.16 Å². The van der Waals surface area contributed by atoms with Crippen molar-refractivity contribution in [3.8, 4) is 0 Å². The molecule has 7 nitrogen and oxygen atoms in total. The molecule has 0 aliphatic heterocycles. The number of hydrogen-bond donors (Lipinski definition) is 1. The maximum Gasteiger partial charge on any atom is 0.258 e. The number of pyridine rings is 1. The fourth-order valence-electron chi connectivity index (χ4n) is 3.12. The van der Waals surface area contributed by atoms with Gasteiger partial charge in [0.15, 0.2) is 11.5 Å². The topological polar surface area (TPSA) is 94.1 Å². The first-order chi connectivity index (χ1) is 12.6. The maximum atomic E-state index is 12.8. The summed E-state index contributed by atoms with van der Waals surface area (Å²) in [6.45, 7) is 3.60. The summed E-state index contributed by atoms with van der Waals surface area (Å²) in [6, 6.07) is 7.22. The van der Waals surface area contributed by atoms with Gasteiger partial charge in [-0.05, 0) is 44.9 Å². The van der Waals surface area contributed by atoms with Crippen LogP contribution in [0, 0.1) is 13.8 Å². The van der Waals surface area contributed by atoms with Crippen LogP contribution in [0.25, 0.3) is 22.2 Å². The first-order valence-corrected chi connectivity index (χ1v) is 8.54. The number of carbonyl (C=O) groups is 1. The highest BCUT2D eigenvalue weighted by molar-refractivity contribution is 6.12. The average molecular weight is 348 g/mol. The lowest BCUT2D eigenvalue weighted by molar-refractivity contribution is 0.102. The van der Waals surface area contributed by atoms with Crippen molar-refractivity contribution in [2.24, 2.45) is 0 Å². The van der Waals surface area contributed by atoms with Crippen LogP contribution in [-0.4, -0.2) is 21.0 Å². The third-order valence-electron chi connectivity index (χ3n) is 4.58. The number of hydrogen-bond acceptors (Lipinski definition) is 6. The van der Waals surface area contributed by atoms with E-state index in [4.69, 9.17) is 8.94 Å². The minimum atomic E-state index is -0.243. The molecule has 5 rings (SSSR count). The molecule has 7 heteroatoms. The lowest BCUT2D eigenvalue weighted by Gasteiger charge is -2.06. The largest absolute Gasteiger partial charge is 0.440 e. The van der Waals surface area contributed by atoms with Gasteiger partial charge in [-0.2, -0.15) is 0 Å². The molecule has 1 aromatic carbocycles. The number of benzene rings is 1. The van der Waals surface area contributed by atoms with Gasteiger partial charge in [-0.3, -0.25) is 4.79 Å². The number of rotatable bonds is 3. The molecule has 1 aliphatic carbocycles. The smallest absolute Gasteiger partial charge is 0.258 e. The van der Waals surface area contributed by atoms with Crippen molar-refractivity contribution in [3.63, 3.8) is 0 Å². The van der Waals surface area contributed by atoms with Crippen molar-refractivity contribution in [1.29, 1.82) is 0 Å². The molecule has 1 fully saturated rings. The Kier molecular flexibility index (Phi) is 3.12. The highest BCUT2D eigenvalue weighted by Crippen LogP contribution is 2.40. The minimum absolute atomic E-state index is 0.243. The SMILES string of the molecule is Cc1cc(C(=O)Nc2ccc3nc(C4CC4)oc3c2)c2c(C)noc2n1. The van der Waals surface area contributed by atoms with Crippen LogP contribution in [0.1, 0.15) is 46.4 Å². The van der Waals surface area contributed by atoms with Crippen molar-refractivity contribution in [2.75, 3.05) is 5.32 Å². The number of anilines is 1. The normalized spacial score (nSPS) is 14.2. The number of aryl methyl sites for hydroxylation is 2. The van der Waals surface area contributed by atoms with Crippen LogP contribution in [-0.2, 0) is 0 Å². The van der Waals surface area contributed by atoms with Gasteiger partial charge in [0.05, 0.1) is 16.6 Å². The molecule has 0 unspecified atom stereocenters. The zero-order valence-electron chi connectivity index (χ0n) is 14.4. The number of nitrogens with one attached hydrogen (secondary N) is 1. The predicted molar refractivity (Wildman–Crippen MR) is 95.2 cm³/mol. The quantitative estimate of drug-likeness (QED) is 0.599. The van der Waals surface area contributed by atoms with E-state index in [1.54, 1.807) is 19.1 Å². The highest BCUT2D eigenvalue weighted by atomic mass is 16.5. The molecule has 4 aromatic rings. The Bertz CT molecular complexity index is 1170. The summed E-state index contributed by atoms with van der Waals surface area (Å²) in [5.74, 6) is 0.994.